The molecule has 3 aromatic rings. The molecule has 1 unspecified atom stereocenters. The molecule has 2 aliphatic heterocycles. The van der Waals surface area contributed by atoms with E-state index in [2.05, 4.69) is 0 Å². The number of aliphatic hydroxyl groups is 1. The lowest BCUT2D eigenvalue weighted by atomic mass is 9.78. The number of carbonyl (C=O) groups excluding carboxylic acids is 1. The van der Waals surface area contributed by atoms with E-state index in [0.29, 0.717) is 16.3 Å². The highest BCUT2D eigenvalue weighted by molar-refractivity contribution is 6.30. The van der Waals surface area contributed by atoms with Crippen molar-refractivity contribution in [2.75, 3.05) is 23.0 Å². The van der Waals surface area contributed by atoms with Crippen LogP contribution in [0.3, 0.4) is 0 Å². The number of nitrogens with zero attached hydrogens (tertiary/aromatic N) is 2. The summed E-state index contributed by atoms with van der Waals surface area (Å²) in [6.45, 7) is 4.42. The van der Waals surface area contributed by atoms with Gasteiger partial charge in [0.2, 0.25) is 5.72 Å². The zero-order chi connectivity index (χ0) is 21.8. The largest absolute Gasteiger partial charge is 0.376 e. The van der Waals surface area contributed by atoms with E-state index in [1.54, 1.807) is 29.2 Å². The predicted molar refractivity (Wildman–Crippen MR) is 122 cm³/mol. The minimum atomic E-state index is -1.63. The Morgan fingerprint density at radius 2 is 1.48 bits per heavy atom. The van der Waals surface area contributed by atoms with Crippen LogP contribution in [0, 0.1) is 13.8 Å². The summed E-state index contributed by atoms with van der Waals surface area (Å²) in [4.78, 5) is 17.1. The van der Waals surface area contributed by atoms with Crippen molar-refractivity contribution >= 4 is 29.0 Å². The first-order valence-electron chi connectivity index (χ1n) is 10.2. The SMILES string of the molecule is Cc1ccc(N2C(=O)N(c3ccc(Cl)cc3)C(O)(c3cccc(C)c3)C23COC3)cc1. The summed E-state index contributed by atoms with van der Waals surface area (Å²) in [5.41, 5.74) is 1.44. The second-order valence-corrected chi connectivity index (χ2v) is 8.77. The van der Waals surface area contributed by atoms with Gasteiger partial charge in [-0.15, -0.1) is 0 Å². The molecule has 0 aliphatic carbocycles. The molecule has 0 bridgehead atoms. The van der Waals surface area contributed by atoms with Gasteiger partial charge in [0, 0.05) is 22.0 Å². The van der Waals surface area contributed by atoms with Gasteiger partial charge in [-0.3, -0.25) is 9.80 Å². The fourth-order valence-electron chi connectivity index (χ4n) is 4.61. The number of hydrogen-bond acceptors (Lipinski definition) is 3. The van der Waals surface area contributed by atoms with E-state index >= 15 is 0 Å². The average molecular weight is 435 g/mol. The van der Waals surface area contributed by atoms with Crippen molar-refractivity contribution in [3.63, 3.8) is 0 Å². The van der Waals surface area contributed by atoms with E-state index in [1.807, 2.05) is 62.4 Å². The van der Waals surface area contributed by atoms with E-state index in [1.165, 1.54) is 4.90 Å². The van der Waals surface area contributed by atoms with Crippen LogP contribution in [0.25, 0.3) is 0 Å². The monoisotopic (exact) mass is 434 g/mol. The summed E-state index contributed by atoms with van der Waals surface area (Å²) in [5.74, 6) is 0. The number of urea groups is 1. The van der Waals surface area contributed by atoms with Crippen LogP contribution < -0.4 is 9.80 Å². The molecule has 2 fully saturated rings. The van der Waals surface area contributed by atoms with Crippen LogP contribution in [0.2, 0.25) is 5.02 Å². The Kier molecular flexibility index (Phi) is 4.59. The second kappa shape index (κ2) is 7.09. The molecular formula is C25H23ClN2O3. The molecular weight excluding hydrogens is 412 g/mol. The van der Waals surface area contributed by atoms with Crippen LogP contribution in [-0.2, 0) is 10.5 Å². The van der Waals surface area contributed by atoms with E-state index in [0.717, 1.165) is 16.8 Å². The van der Waals surface area contributed by atoms with E-state index < -0.39 is 11.3 Å². The quantitative estimate of drug-likeness (QED) is 0.629. The highest BCUT2D eigenvalue weighted by Gasteiger charge is 2.72. The first kappa shape index (κ1) is 20.1. The lowest BCUT2D eigenvalue weighted by Crippen LogP contribution is -2.70. The minimum Gasteiger partial charge on any atom is -0.376 e. The number of anilines is 2. The molecule has 1 spiro atoms. The number of aryl methyl sites for hydroxylation is 2. The molecule has 2 heterocycles. The van der Waals surface area contributed by atoms with Crippen LogP contribution in [-0.4, -0.2) is 29.9 Å². The average Bonchev–Trinajstić information content (AvgIpc) is 2.94. The van der Waals surface area contributed by atoms with Crippen molar-refractivity contribution in [3.05, 3.63) is 94.5 Å². The first-order chi connectivity index (χ1) is 14.9. The molecule has 5 nitrogen and oxygen atoms in total. The smallest absolute Gasteiger partial charge is 0.332 e. The highest BCUT2D eigenvalue weighted by atomic mass is 35.5. The number of ether oxygens (including phenoxy) is 1. The van der Waals surface area contributed by atoms with Crippen LogP contribution in [0.1, 0.15) is 16.7 Å². The Morgan fingerprint density at radius 3 is 2.06 bits per heavy atom. The maximum atomic E-state index is 14.0. The van der Waals surface area contributed by atoms with Gasteiger partial charge in [-0.2, -0.15) is 0 Å². The summed E-state index contributed by atoms with van der Waals surface area (Å²) in [6, 6.07) is 22.1. The van der Waals surface area contributed by atoms with Gasteiger partial charge in [0.1, 0.15) is 5.54 Å². The molecule has 0 radical (unpaired) electrons. The Balaban J connectivity index is 1.76. The first-order valence-corrected chi connectivity index (χ1v) is 10.6. The molecule has 158 valence electrons. The van der Waals surface area contributed by atoms with Gasteiger partial charge in [-0.1, -0.05) is 59.1 Å². The van der Waals surface area contributed by atoms with Gasteiger partial charge < -0.3 is 9.84 Å². The lowest BCUT2D eigenvalue weighted by Gasteiger charge is -2.51. The van der Waals surface area contributed by atoms with Crippen LogP contribution in [0.5, 0.6) is 0 Å². The maximum absolute atomic E-state index is 14.0. The molecule has 3 aromatic carbocycles. The summed E-state index contributed by atoms with van der Waals surface area (Å²) in [7, 11) is 0. The third kappa shape index (κ3) is 2.81. The molecule has 2 saturated heterocycles. The third-order valence-corrected chi connectivity index (χ3v) is 6.51. The van der Waals surface area contributed by atoms with Crippen molar-refractivity contribution in [1.82, 2.24) is 0 Å². The molecule has 0 aromatic heterocycles. The Labute approximate surface area is 186 Å². The van der Waals surface area contributed by atoms with Gasteiger partial charge in [0.25, 0.3) is 0 Å². The number of carbonyl (C=O) groups is 1. The summed E-state index contributed by atoms with van der Waals surface area (Å²) < 4.78 is 5.63. The molecule has 2 aliphatic rings. The number of halogens is 1. The highest BCUT2D eigenvalue weighted by Crippen LogP contribution is 2.54. The summed E-state index contributed by atoms with van der Waals surface area (Å²) >= 11 is 6.10. The predicted octanol–water partition coefficient (Wildman–Crippen LogP) is 5.02. The molecule has 1 atom stereocenters. The van der Waals surface area contributed by atoms with Crippen molar-refractivity contribution in [3.8, 4) is 0 Å². The van der Waals surface area contributed by atoms with Gasteiger partial charge in [0.05, 0.1) is 13.2 Å². The van der Waals surface area contributed by atoms with E-state index in [4.69, 9.17) is 16.3 Å². The Morgan fingerprint density at radius 1 is 0.871 bits per heavy atom. The molecule has 0 saturated carbocycles. The number of rotatable bonds is 3. The Bertz CT molecular complexity index is 1140. The van der Waals surface area contributed by atoms with Gasteiger partial charge in [-0.25, -0.2) is 4.79 Å². The summed E-state index contributed by atoms with van der Waals surface area (Å²) in [6.07, 6.45) is 0. The minimum absolute atomic E-state index is 0.223. The third-order valence-electron chi connectivity index (χ3n) is 6.26. The van der Waals surface area contributed by atoms with E-state index in [9.17, 15) is 9.90 Å². The van der Waals surface area contributed by atoms with Crippen molar-refractivity contribution in [1.29, 1.82) is 0 Å². The zero-order valence-corrected chi connectivity index (χ0v) is 18.1. The second-order valence-electron chi connectivity index (χ2n) is 8.33. The molecule has 2 amide bonds. The maximum Gasteiger partial charge on any atom is 0.332 e. The molecule has 1 N–H and O–H groups in total. The molecule has 31 heavy (non-hydrogen) atoms. The number of hydrogen-bond donors (Lipinski definition) is 1. The van der Waals surface area contributed by atoms with E-state index in [-0.39, 0.29) is 19.2 Å². The van der Waals surface area contributed by atoms with Crippen LogP contribution in [0.15, 0.2) is 72.8 Å². The van der Waals surface area contributed by atoms with Crippen LogP contribution >= 0.6 is 11.6 Å². The van der Waals surface area contributed by atoms with Crippen LogP contribution in [0.4, 0.5) is 16.2 Å². The fourth-order valence-corrected chi connectivity index (χ4v) is 4.74. The van der Waals surface area contributed by atoms with Crippen molar-refractivity contribution in [2.45, 2.75) is 25.1 Å². The summed E-state index contributed by atoms with van der Waals surface area (Å²) in [5, 5.41) is 13.0. The van der Waals surface area contributed by atoms with Gasteiger partial charge in [-0.05, 0) is 50.2 Å². The zero-order valence-electron chi connectivity index (χ0n) is 17.4. The van der Waals surface area contributed by atoms with Crippen molar-refractivity contribution < 1.29 is 14.6 Å². The topological polar surface area (TPSA) is 53.0 Å². The Hall–Kier alpha value is -2.86. The normalized spacial score (nSPS) is 22.1. The fraction of sp³-hybridized carbons (Fsp3) is 0.240. The molecule has 5 rings (SSSR count). The van der Waals surface area contributed by atoms with Gasteiger partial charge in [0.15, 0.2) is 0 Å². The number of amides is 2. The van der Waals surface area contributed by atoms with Crippen molar-refractivity contribution in [2.24, 2.45) is 0 Å². The standard InChI is InChI=1S/C25H23ClN2O3/c1-17-6-10-21(11-7-17)27-23(29)28(22-12-8-20(26)9-13-22)25(30,24(27)15-31-16-24)19-5-3-4-18(2)14-19/h3-14,30H,15-16H2,1-2H3. The molecule has 6 heteroatoms. The van der Waals surface area contributed by atoms with Gasteiger partial charge >= 0.3 is 6.03 Å². The lowest BCUT2D eigenvalue weighted by molar-refractivity contribution is -0.153. The number of benzene rings is 3.